The Balaban J connectivity index is 1.79. The molecule has 1 N–H and O–H groups in total. The van der Waals surface area contributed by atoms with Gasteiger partial charge in [-0.1, -0.05) is 17.7 Å². The van der Waals surface area contributed by atoms with Crippen molar-refractivity contribution >= 4 is 33.2 Å². The largest absolute Gasteiger partial charge is 0.339 e. The average Bonchev–Trinajstić information content (AvgIpc) is 3.11. The summed E-state index contributed by atoms with van der Waals surface area (Å²) in [5, 5.41) is -0.269. The van der Waals surface area contributed by atoms with Gasteiger partial charge >= 0.3 is 0 Å². The number of nitrogens with one attached hydrogen (secondary N) is 1. The summed E-state index contributed by atoms with van der Waals surface area (Å²) in [6.07, 6.45) is 1.99. The second-order valence-electron chi connectivity index (χ2n) is 5.73. The number of rotatable bonds is 4. The maximum atomic E-state index is 13.9. The van der Waals surface area contributed by atoms with Crippen LogP contribution in [0.4, 0.5) is 10.1 Å². The number of amides is 1. The summed E-state index contributed by atoms with van der Waals surface area (Å²) >= 11 is 5.63. The van der Waals surface area contributed by atoms with Gasteiger partial charge in [-0.3, -0.25) is 9.52 Å². The van der Waals surface area contributed by atoms with Gasteiger partial charge in [0.2, 0.25) is 0 Å². The van der Waals surface area contributed by atoms with Crippen molar-refractivity contribution in [1.82, 2.24) is 4.90 Å². The molecule has 0 spiro atoms. The highest BCUT2D eigenvalue weighted by atomic mass is 35.5. The minimum atomic E-state index is -4.12. The molecule has 3 rings (SSSR count). The second-order valence-corrected chi connectivity index (χ2v) is 7.79. The summed E-state index contributed by atoms with van der Waals surface area (Å²) in [5.74, 6) is -1.08. The van der Waals surface area contributed by atoms with E-state index >= 15 is 0 Å². The van der Waals surface area contributed by atoms with Gasteiger partial charge in [-0.05, 0) is 49.2 Å². The SMILES string of the molecule is O=C(c1ccc(NS(=O)(=O)c2cccc(Cl)c2F)cc1)N1CCCC1. The van der Waals surface area contributed by atoms with E-state index in [0.717, 1.165) is 32.0 Å². The van der Waals surface area contributed by atoms with Crippen LogP contribution in [0, 0.1) is 5.82 Å². The highest BCUT2D eigenvalue weighted by Crippen LogP contribution is 2.24. The zero-order chi connectivity index (χ0) is 18.0. The molecule has 0 aromatic heterocycles. The van der Waals surface area contributed by atoms with Crippen molar-refractivity contribution in [3.8, 4) is 0 Å². The number of benzene rings is 2. The molecule has 0 aliphatic carbocycles. The molecule has 5 nitrogen and oxygen atoms in total. The van der Waals surface area contributed by atoms with Gasteiger partial charge in [0, 0.05) is 24.3 Å². The number of carbonyl (C=O) groups excluding carboxylic acids is 1. The molecule has 8 heteroatoms. The molecular formula is C17H16ClFN2O3S. The van der Waals surface area contributed by atoms with Crippen molar-refractivity contribution in [1.29, 1.82) is 0 Å². The van der Waals surface area contributed by atoms with Gasteiger partial charge < -0.3 is 4.90 Å². The van der Waals surface area contributed by atoms with Crippen LogP contribution in [0.2, 0.25) is 5.02 Å². The minimum Gasteiger partial charge on any atom is -0.339 e. The monoisotopic (exact) mass is 382 g/mol. The van der Waals surface area contributed by atoms with Crippen LogP contribution in [0.1, 0.15) is 23.2 Å². The molecule has 0 saturated carbocycles. The third-order valence-electron chi connectivity index (χ3n) is 3.98. The number of hydrogen-bond donors (Lipinski definition) is 1. The molecule has 132 valence electrons. The molecule has 0 radical (unpaired) electrons. The standard InChI is InChI=1S/C17H16ClFN2O3S/c18-14-4-3-5-15(16(14)19)25(23,24)20-13-8-6-12(7-9-13)17(22)21-10-1-2-11-21/h3-9,20H,1-2,10-11H2. The molecule has 1 fully saturated rings. The minimum absolute atomic E-state index is 0.0761. The van der Waals surface area contributed by atoms with Gasteiger partial charge in [0.15, 0.2) is 5.82 Å². The summed E-state index contributed by atoms with van der Waals surface area (Å²) in [4.78, 5) is 13.5. The van der Waals surface area contributed by atoms with Crippen molar-refractivity contribution in [2.75, 3.05) is 17.8 Å². The average molecular weight is 383 g/mol. The lowest BCUT2D eigenvalue weighted by Gasteiger charge is -2.15. The van der Waals surface area contributed by atoms with Crippen molar-refractivity contribution in [3.05, 3.63) is 58.9 Å². The van der Waals surface area contributed by atoms with Gasteiger partial charge in [-0.2, -0.15) is 0 Å². The lowest BCUT2D eigenvalue weighted by atomic mass is 10.2. The fourth-order valence-corrected chi connectivity index (χ4v) is 4.08. The number of likely N-dealkylation sites (tertiary alicyclic amines) is 1. The Morgan fingerprint density at radius 2 is 1.72 bits per heavy atom. The zero-order valence-electron chi connectivity index (χ0n) is 13.2. The van der Waals surface area contributed by atoms with E-state index in [2.05, 4.69) is 4.72 Å². The van der Waals surface area contributed by atoms with E-state index in [1.165, 1.54) is 24.3 Å². The molecule has 2 aromatic rings. The van der Waals surface area contributed by atoms with E-state index in [0.29, 0.717) is 5.56 Å². The van der Waals surface area contributed by atoms with E-state index in [1.54, 1.807) is 17.0 Å². The normalized spacial score (nSPS) is 14.6. The Morgan fingerprint density at radius 3 is 2.36 bits per heavy atom. The van der Waals surface area contributed by atoms with E-state index in [-0.39, 0.29) is 16.6 Å². The van der Waals surface area contributed by atoms with Gasteiger partial charge in [0.1, 0.15) is 4.90 Å². The Morgan fingerprint density at radius 1 is 1.08 bits per heavy atom. The molecule has 1 aliphatic rings. The number of sulfonamides is 1. The van der Waals surface area contributed by atoms with Crippen LogP contribution in [0.5, 0.6) is 0 Å². The van der Waals surface area contributed by atoms with E-state index in [9.17, 15) is 17.6 Å². The smallest absolute Gasteiger partial charge is 0.264 e. The molecule has 0 bridgehead atoms. The summed E-state index contributed by atoms with van der Waals surface area (Å²) < 4.78 is 40.9. The lowest BCUT2D eigenvalue weighted by Crippen LogP contribution is -2.27. The highest BCUT2D eigenvalue weighted by Gasteiger charge is 2.22. The number of carbonyl (C=O) groups is 1. The summed E-state index contributed by atoms with van der Waals surface area (Å²) in [5.41, 5.74) is 0.719. The fourth-order valence-electron chi connectivity index (χ4n) is 2.69. The number of halogens is 2. The van der Waals surface area contributed by atoms with Crippen LogP contribution in [0.15, 0.2) is 47.4 Å². The van der Waals surface area contributed by atoms with Crippen LogP contribution in [0.3, 0.4) is 0 Å². The maximum Gasteiger partial charge on any atom is 0.264 e. The quantitative estimate of drug-likeness (QED) is 0.879. The van der Waals surface area contributed by atoms with Gasteiger partial charge in [0.25, 0.3) is 15.9 Å². The first-order chi connectivity index (χ1) is 11.9. The molecule has 1 aliphatic heterocycles. The number of nitrogens with zero attached hydrogens (tertiary/aromatic N) is 1. The Labute approximate surface area is 150 Å². The Kier molecular flexibility index (Phi) is 4.96. The Bertz CT molecular complexity index is 895. The van der Waals surface area contributed by atoms with Gasteiger partial charge in [-0.25, -0.2) is 12.8 Å². The molecule has 2 aromatic carbocycles. The van der Waals surface area contributed by atoms with Crippen molar-refractivity contribution in [2.45, 2.75) is 17.7 Å². The predicted molar refractivity (Wildman–Crippen MR) is 93.8 cm³/mol. The molecule has 1 saturated heterocycles. The van der Waals surface area contributed by atoms with E-state index in [1.807, 2.05) is 0 Å². The zero-order valence-corrected chi connectivity index (χ0v) is 14.8. The molecule has 25 heavy (non-hydrogen) atoms. The third-order valence-corrected chi connectivity index (χ3v) is 5.67. The van der Waals surface area contributed by atoms with Gasteiger partial charge in [-0.15, -0.1) is 0 Å². The van der Waals surface area contributed by atoms with Gasteiger partial charge in [0.05, 0.1) is 5.02 Å². The first-order valence-corrected chi connectivity index (χ1v) is 9.61. The van der Waals surface area contributed by atoms with Crippen molar-refractivity contribution in [3.63, 3.8) is 0 Å². The summed E-state index contributed by atoms with van der Waals surface area (Å²) in [6, 6.07) is 9.81. The first-order valence-electron chi connectivity index (χ1n) is 7.75. The topological polar surface area (TPSA) is 66.5 Å². The van der Waals surface area contributed by atoms with Crippen LogP contribution >= 0.6 is 11.6 Å². The van der Waals surface area contributed by atoms with Crippen LogP contribution in [0.25, 0.3) is 0 Å². The van der Waals surface area contributed by atoms with Crippen LogP contribution in [-0.2, 0) is 10.0 Å². The summed E-state index contributed by atoms with van der Waals surface area (Å²) in [7, 11) is -4.12. The predicted octanol–water partition coefficient (Wildman–Crippen LogP) is 3.52. The number of hydrogen-bond acceptors (Lipinski definition) is 3. The van der Waals surface area contributed by atoms with Crippen molar-refractivity contribution in [2.24, 2.45) is 0 Å². The lowest BCUT2D eigenvalue weighted by molar-refractivity contribution is 0.0793. The second kappa shape index (κ2) is 7.01. The fraction of sp³-hybridized carbons (Fsp3) is 0.235. The Hall–Kier alpha value is -2.12. The molecule has 0 atom stereocenters. The van der Waals surface area contributed by atoms with Crippen molar-refractivity contribution < 1.29 is 17.6 Å². The molecular weight excluding hydrogens is 367 g/mol. The van der Waals surface area contributed by atoms with Crippen LogP contribution < -0.4 is 4.72 Å². The number of anilines is 1. The van der Waals surface area contributed by atoms with Crippen LogP contribution in [-0.4, -0.2) is 32.3 Å². The molecule has 1 amide bonds. The van der Waals surface area contributed by atoms with E-state index in [4.69, 9.17) is 11.6 Å². The third kappa shape index (κ3) is 3.77. The van der Waals surface area contributed by atoms with E-state index < -0.39 is 20.7 Å². The first kappa shape index (κ1) is 17.7. The maximum absolute atomic E-state index is 13.9. The highest BCUT2D eigenvalue weighted by molar-refractivity contribution is 7.92. The molecule has 0 unspecified atom stereocenters. The summed E-state index contributed by atoms with van der Waals surface area (Å²) in [6.45, 7) is 1.47. The molecule has 1 heterocycles.